The molecule has 0 radical (unpaired) electrons. The highest BCUT2D eigenvalue weighted by Gasteiger charge is 2.27. The number of benzene rings is 1. The summed E-state index contributed by atoms with van der Waals surface area (Å²) in [6.45, 7) is 0.582. The second-order valence-electron chi connectivity index (χ2n) is 5.33. The highest BCUT2D eigenvalue weighted by molar-refractivity contribution is 5.25. The summed E-state index contributed by atoms with van der Waals surface area (Å²) in [7, 11) is 1.65. The summed E-state index contributed by atoms with van der Waals surface area (Å²) in [6.07, 6.45) is 0.350. The predicted molar refractivity (Wildman–Crippen MR) is 72.2 cm³/mol. The van der Waals surface area contributed by atoms with E-state index in [2.05, 4.69) is 12.1 Å². The molecule has 0 unspecified atom stereocenters. The van der Waals surface area contributed by atoms with Gasteiger partial charge in [0, 0.05) is 13.0 Å². The van der Waals surface area contributed by atoms with Crippen LogP contribution < -0.4 is 0 Å². The van der Waals surface area contributed by atoms with Crippen LogP contribution in [0.25, 0.3) is 0 Å². The topological polar surface area (TPSA) is 9.23 Å². The molecule has 1 saturated carbocycles. The molecule has 2 rings (SSSR count). The van der Waals surface area contributed by atoms with E-state index >= 15 is 0 Å². The molecule has 4 heteroatoms. The zero-order valence-electron chi connectivity index (χ0n) is 11.5. The molecular weight excluding hydrogens is 265 g/mol. The van der Waals surface area contributed by atoms with Crippen LogP contribution >= 0.6 is 0 Å². The van der Waals surface area contributed by atoms with Gasteiger partial charge in [-0.1, -0.05) is 24.3 Å². The van der Waals surface area contributed by atoms with Crippen molar-refractivity contribution in [3.63, 3.8) is 0 Å². The molecule has 0 saturated heterocycles. The molecule has 0 N–H and O–H groups in total. The van der Waals surface area contributed by atoms with Gasteiger partial charge in [0.15, 0.2) is 5.83 Å². The van der Waals surface area contributed by atoms with Crippen molar-refractivity contribution in [2.75, 3.05) is 7.11 Å². The summed E-state index contributed by atoms with van der Waals surface area (Å²) in [6, 6.07) is 8.15. The van der Waals surface area contributed by atoms with E-state index < -0.39 is 17.8 Å². The number of halogens is 3. The molecule has 1 nitrogen and oxygen atoms in total. The van der Waals surface area contributed by atoms with Gasteiger partial charge in [0.1, 0.15) is 0 Å². The van der Waals surface area contributed by atoms with Crippen molar-refractivity contribution >= 4 is 0 Å². The van der Waals surface area contributed by atoms with Crippen LogP contribution in [0.4, 0.5) is 13.2 Å². The maximum absolute atomic E-state index is 13.2. The number of rotatable bonds is 4. The lowest BCUT2D eigenvalue weighted by atomic mass is 9.78. The Morgan fingerprint density at radius 2 is 1.65 bits per heavy atom. The van der Waals surface area contributed by atoms with Crippen LogP contribution in [0.5, 0.6) is 0 Å². The molecule has 1 aliphatic rings. The molecule has 1 aromatic carbocycles. The maximum Gasteiger partial charge on any atom is 0.301 e. The van der Waals surface area contributed by atoms with Crippen LogP contribution in [0.2, 0.25) is 0 Å². The Morgan fingerprint density at radius 1 is 1.05 bits per heavy atom. The minimum absolute atomic E-state index is 0.346. The Kier molecular flexibility index (Phi) is 5.24. The molecule has 110 valence electrons. The van der Waals surface area contributed by atoms with Gasteiger partial charge in [-0.05, 0) is 42.7 Å². The van der Waals surface area contributed by atoms with E-state index in [4.69, 9.17) is 4.74 Å². The van der Waals surface area contributed by atoms with Gasteiger partial charge in [-0.3, -0.25) is 0 Å². The number of methoxy groups -OCH3 is 1. The molecule has 0 amide bonds. The molecule has 1 fully saturated rings. The molecule has 1 aliphatic carbocycles. The molecule has 0 atom stereocenters. The van der Waals surface area contributed by atoms with E-state index in [-0.39, 0.29) is 0 Å². The van der Waals surface area contributed by atoms with Gasteiger partial charge in [0.05, 0.1) is 6.61 Å². The number of hydrogen-bond donors (Lipinski definition) is 0. The third-order valence-corrected chi connectivity index (χ3v) is 4.03. The fraction of sp³-hybridized carbons (Fsp3) is 0.500. The summed E-state index contributed by atoms with van der Waals surface area (Å²) in [5.41, 5.74) is 2.31. The van der Waals surface area contributed by atoms with Gasteiger partial charge in [-0.25, -0.2) is 4.39 Å². The minimum atomic E-state index is -2.16. The normalized spacial score (nSPS) is 22.6. The summed E-state index contributed by atoms with van der Waals surface area (Å²) < 4.78 is 42.7. The predicted octanol–water partition coefficient (Wildman–Crippen LogP) is 5.18. The van der Waals surface area contributed by atoms with Gasteiger partial charge >= 0.3 is 6.08 Å². The van der Waals surface area contributed by atoms with Crippen molar-refractivity contribution < 1.29 is 17.9 Å². The summed E-state index contributed by atoms with van der Waals surface area (Å²) in [4.78, 5) is 0. The smallest absolute Gasteiger partial charge is 0.301 e. The van der Waals surface area contributed by atoms with E-state index in [1.165, 1.54) is 5.56 Å². The first-order valence-electron chi connectivity index (χ1n) is 6.90. The van der Waals surface area contributed by atoms with Crippen molar-refractivity contribution in [1.29, 1.82) is 0 Å². The Morgan fingerprint density at radius 3 is 2.15 bits per heavy atom. The van der Waals surface area contributed by atoms with Crippen molar-refractivity contribution in [2.45, 2.75) is 38.2 Å². The number of allylic oxidation sites excluding steroid dienone is 1. The van der Waals surface area contributed by atoms with Crippen molar-refractivity contribution in [3.05, 3.63) is 47.3 Å². The average molecular weight is 284 g/mol. The fourth-order valence-corrected chi connectivity index (χ4v) is 2.89. The first-order chi connectivity index (χ1) is 9.61. The van der Waals surface area contributed by atoms with E-state index in [1.54, 1.807) is 7.11 Å². The summed E-state index contributed by atoms with van der Waals surface area (Å²) in [5, 5.41) is 0. The molecule has 0 spiro atoms. The molecule has 1 aromatic rings. The molecule has 0 bridgehead atoms. The van der Waals surface area contributed by atoms with Crippen LogP contribution in [0.1, 0.15) is 42.7 Å². The zero-order chi connectivity index (χ0) is 14.5. The lowest BCUT2D eigenvalue weighted by molar-refractivity contribution is 0.185. The second-order valence-corrected chi connectivity index (χ2v) is 5.33. The average Bonchev–Trinajstić information content (AvgIpc) is 2.48. The Hall–Kier alpha value is -1.29. The van der Waals surface area contributed by atoms with Gasteiger partial charge in [0.2, 0.25) is 0 Å². The Balaban J connectivity index is 1.95. The summed E-state index contributed by atoms with van der Waals surface area (Å²) >= 11 is 0. The molecule has 0 heterocycles. The first kappa shape index (κ1) is 15.1. The minimum Gasteiger partial charge on any atom is -0.380 e. The molecule has 0 aliphatic heterocycles. The van der Waals surface area contributed by atoms with Crippen LogP contribution in [0.15, 0.2) is 36.2 Å². The Labute approximate surface area is 117 Å². The van der Waals surface area contributed by atoms with Crippen LogP contribution in [-0.4, -0.2) is 7.11 Å². The SMILES string of the molecule is COCc1ccc(C2CCC(C(F)=C(F)F)CC2)cc1. The van der Waals surface area contributed by atoms with E-state index in [9.17, 15) is 13.2 Å². The molecular formula is C16H19F3O. The Bertz CT molecular complexity index is 455. The monoisotopic (exact) mass is 284 g/mol. The lowest BCUT2D eigenvalue weighted by Gasteiger charge is -2.27. The molecule has 0 aromatic heterocycles. The highest BCUT2D eigenvalue weighted by Crippen LogP contribution is 2.40. The number of hydrogen-bond acceptors (Lipinski definition) is 1. The third kappa shape index (κ3) is 3.63. The first-order valence-corrected chi connectivity index (χ1v) is 6.90. The lowest BCUT2D eigenvalue weighted by Crippen LogP contribution is -2.14. The third-order valence-electron chi connectivity index (χ3n) is 4.03. The second kappa shape index (κ2) is 6.93. The van der Waals surface area contributed by atoms with Crippen LogP contribution in [0, 0.1) is 5.92 Å². The number of ether oxygens (including phenoxy) is 1. The van der Waals surface area contributed by atoms with Crippen LogP contribution in [-0.2, 0) is 11.3 Å². The van der Waals surface area contributed by atoms with Crippen molar-refractivity contribution in [1.82, 2.24) is 0 Å². The zero-order valence-corrected chi connectivity index (χ0v) is 11.5. The highest BCUT2D eigenvalue weighted by atomic mass is 19.3. The van der Waals surface area contributed by atoms with Gasteiger partial charge in [-0.2, -0.15) is 8.78 Å². The van der Waals surface area contributed by atoms with Gasteiger partial charge in [0.25, 0.3) is 0 Å². The largest absolute Gasteiger partial charge is 0.380 e. The maximum atomic E-state index is 13.2. The van der Waals surface area contributed by atoms with Crippen molar-refractivity contribution in [2.24, 2.45) is 5.92 Å². The standard InChI is InChI=1S/C16H19F3O/c1-20-10-11-2-4-12(5-3-11)13-6-8-14(9-7-13)15(17)16(18)19/h2-5,13-14H,6-10H2,1H3. The quantitative estimate of drug-likeness (QED) is 0.739. The van der Waals surface area contributed by atoms with E-state index in [1.807, 2.05) is 12.1 Å². The van der Waals surface area contributed by atoms with Gasteiger partial charge < -0.3 is 4.74 Å². The summed E-state index contributed by atoms with van der Waals surface area (Å²) in [5.74, 6) is -1.46. The van der Waals surface area contributed by atoms with E-state index in [0.717, 1.165) is 18.4 Å². The fourth-order valence-electron chi connectivity index (χ4n) is 2.89. The van der Waals surface area contributed by atoms with E-state index in [0.29, 0.717) is 25.4 Å². The van der Waals surface area contributed by atoms with Crippen LogP contribution in [0.3, 0.4) is 0 Å². The van der Waals surface area contributed by atoms with Gasteiger partial charge in [-0.15, -0.1) is 0 Å². The van der Waals surface area contributed by atoms with Crippen molar-refractivity contribution in [3.8, 4) is 0 Å². The molecule has 20 heavy (non-hydrogen) atoms.